The lowest BCUT2D eigenvalue weighted by Crippen LogP contribution is -2.21. The predicted molar refractivity (Wildman–Crippen MR) is 99.8 cm³/mol. The van der Waals surface area contributed by atoms with Crippen LogP contribution in [0.4, 0.5) is 5.69 Å². The molecule has 2 aromatic carbocycles. The van der Waals surface area contributed by atoms with Crippen LogP contribution in [-0.2, 0) is 16.4 Å². The van der Waals surface area contributed by atoms with Gasteiger partial charge in [0, 0.05) is 30.3 Å². The first-order chi connectivity index (χ1) is 11.7. The predicted octanol–water partition coefficient (Wildman–Crippen LogP) is 3.19. The van der Waals surface area contributed by atoms with E-state index in [4.69, 9.17) is 0 Å². The summed E-state index contributed by atoms with van der Waals surface area (Å²) in [5.41, 5.74) is 1.93. The van der Waals surface area contributed by atoms with Crippen molar-refractivity contribution in [3.05, 3.63) is 63.7 Å². The highest BCUT2D eigenvalue weighted by atomic mass is 32.2. The molecule has 0 spiro atoms. The molecule has 0 fully saturated rings. The highest BCUT2D eigenvalue weighted by Crippen LogP contribution is 2.35. The lowest BCUT2D eigenvalue weighted by atomic mass is 10.2. The van der Waals surface area contributed by atoms with Crippen molar-refractivity contribution >= 4 is 27.3 Å². The van der Waals surface area contributed by atoms with E-state index >= 15 is 0 Å². The molecule has 8 heteroatoms. The lowest BCUT2D eigenvalue weighted by molar-refractivity contribution is -0.387. The molecule has 0 radical (unpaired) electrons. The van der Waals surface area contributed by atoms with Crippen LogP contribution in [-0.4, -0.2) is 31.9 Å². The van der Waals surface area contributed by atoms with E-state index in [0.717, 1.165) is 16.0 Å². The summed E-state index contributed by atoms with van der Waals surface area (Å²) in [6.07, 6.45) is 1.18. The van der Waals surface area contributed by atoms with Crippen LogP contribution in [0.1, 0.15) is 11.1 Å². The first-order valence-corrected chi connectivity index (χ1v) is 10.5. The third-order valence-corrected chi connectivity index (χ3v) is 5.47. The maximum atomic E-state index is 11.4. The molecule has 0 aliphatic carbocycles. The van der Waals surface area contributed by atoms with Gasteiger partial charge in [-0.1, -0.05) is 35.5 Å². The molecule has 0 atom stereocenters. The van der Waals surface area contributed by atoms with E-state index in [-0.39, 0.29) is 11.4 Å². The number of nitro groups is 1. The summed E-state index contributed by atoms with van der Waals surface area (Å²) in [5, 5.41) is 14.4. The summed E-state index contributed by atoms with van der Waals surface area (Å²) in [6, 6.07) is 12.9. The minimum atomic E-state index is -3.02. The summed E-state index contributed by atoms with van der Waals surface area (Å²) in [5.74, 6) is 0.0381. The van der Waals surface area contributed by atoms with Crippen LogP contribution in [0, 0.1) is 17.0 Å². The van der Waals surface area contributed by atoms with E-state index in [1.165, 1.54) is 24.1 Å². The fourth-order valence-electron chi connectivity index (χ4n) is 2.13. The van der Waals surface area contributed by atoms with E-state index in [1.54, 1.807) is 6.07 Å². The third-order valence-electron chi connectivity index (χ3n) is 3.45. The van der Waals surface area contributed by atoms with Gasteiger partial charge in [-0.3, -0.25) is 10.1 Å². The molecule has 0 saturated carbocycles. The van der Waals surface area contributed by atoms with Crippen molar-refractivity contribution in [3.63, 3.8) is 0 Å². The normalized spacial score (nSPS) is 11.4. The average molecular weight is 380 g/mol. The number of hydrogen-bond acceptors (Lipinski definition) is 6. The van der Waals surface area contributed by atoms with Crippen molar-refractivity contribution < 1.29 is 13.3 Å². The zero-order valence-corrected chi connectivity index (χ0v) is 15.7. The molecule has 0 bridgehead atoms. The average Bonchev–Trinajstić information content (AvgIpc) is 2.53. The Balaban J connectivity index is 2.09. The zero-order chi connectivity index (χ0) is 18.4. The number of hydrogen-bond donors (Lipinski definition) is 1. The highest BCUT2D eigenvalue weighted by molar-refractivity contribution is 7.99. The molecule has 0 aromatic heterocycles. The van der Waals surface area contributed by atoms with Gasteiger partial charge in [0.05, 0.1) is 15.6 Å². The first kappa shape index (κ1) is 19.4. The summed E-state index contributed by atoms with van der Waals surface area (Å²) in [6.45, 7) is 2.68. The Hall–Kier alpha value is -1.90. The van der Waals surface area contributed by atoms with Crippen molar-refractivity contribution in [1.82, 2.24) is 5.32 Å². The quantitative estimate of drug-likeness (QED) is 0.430. The molecule has 6 nitrogen and oxygen atoms in total. The van der Waals surface area contributed by atoms with Crippen molar-refractivity contribution in [2.75, 3.05) is 18.6 Å². The van der Waals surface area contributed by atoms with Crippen LogP contribution < -0.4 is 5.32 Å². The maximum Gasteiger partial charge on any atom is 0.283 e. The molecule has 25 heavy (non-hydrogen) atoms. The van der Waals surface area contributed by atoms with Crippen LogP contribution in [0.5, 0.6) is 0 Å². The monoisotopic (exact) mass is 380 g/mol. The van der Waals surface area contributed by atoms with Gasteiger partial charge in [-0.25, -0.2) is 8.42 Å². The van der Waals surface area contributed by atoms with Crippen LogP contribution in [0.2, 0.25) is 0 Å². The van der Waals surface area contributed by atoms with Crippen molar-refractivity contribution in [1.29, 1.82) is 0 Å². The molecule has 0 amide bonds. The summed E-state index contributed by atoms with van der Waals surface area (Å²) >= 11 is 1.35. The zero-order valence-electron chi connectivity index (χ0n) is 14.1. The molecule has 1 N–H and O–H groups in total. The smallest absolute Gasteiger partial charge is 0.283 e. The molecule has 2 aromatic rings. The Labute approximate surface area is 151 Å². The van der Waals surface area contributed by atoms with E-state index < -0.39 is 14.8 Å². The Morgan fingerprint density at radius 1 is 1.16 bits per heavy atom. The van der Waals surface area contributed by atoms with Gasteiger partial charge < -0.3 is 5.32 Å². The van der Waals surface area contributed by atoms with E-state index in [1.807, 2.05) is 37.3 Å². The largest absolute Gasteiger partial charge is 0.312 e. The molecule has 0 unspecified atom stereocenters. The van der Waals surface area contributed by atoms with Crippen LogP contribution >= 0.6 is 11.8 Å². The minimum Gasteiger partial charge on any atom is -0.312 e. The number of rotatable bonds is 8. The highest BCUT2D eigenvalue weighted by Gasteiger charge is 2.16. The minimum absolute atomic E-state index is 0.0381. The number of benzene rings is 2. The SMILES string of the molecule is Cc1ccc(Sc2ccc(CNCCS(C)(=O)=O)cc2[N+](=O)[O-])cc1. The molecular formula is C17H20N2O4S2. The van der Waals surface area contributed by atoms with Crippen LogP contribution in [0.3, 0.4) is 0 Å². The molecule has 0 saturated heterocycles. The van der Waals surface area contributed by atoms with E-state index in [0.29, 0.717) is 18.0 Å². The lowest BCUT2D eigenvalue weighted by Gasteiger charge is -2.07. The molecule has 2 rings (SSSR count). The van der Waals surface area contributed by atoms with Gasteiger partial charge in [0.25, 0.3) is 5.69 Å². The van der Waals surface area contributed by atoms with Gasteiger partial charge in [-0.05, 0) is 30.7 Å². The number of aryl methyl sites for hydroxylation is 1. The molecular weight excluding hydrogens is 360 g/mol. The Kier molecular flexibility index (Phi) is 6.57. The second-order valence-electron chi connectivity index (χ2n) is 5.78. The van der Waals surface area contributed by atoms with Crippen LogP contribution in [0.15, 0.2) is 52.3 Å². The topological polar surface area (TPSA) is 89.3 Å². The van der Waals surface area contributed by atoms with Gasteiger partial charge in [-0.15, -0.1) is 0 Å². The Morgan fingerprint density at radius 2 is 1.84 bits per heavy atom. The summed E-state index contributed by atoms with van der Waals surface area (Å²) in [4.78, 5) is 12.5. The maximum absolute atomic E-state index is 11.4. The Morgan fingerprint density at radius 3 is 2.44 bits per heavy atom. The fraction of sp³-hybridized carbons (Fsp3) is 0.294. The molecule has 134 valence electrons. The van der Waals surface area contributed by atoms with Gasteiger partial charge in [-0.2, -0.15) is 0 Å². The summed E-state index contributed by atoms with van der Waals surface area (Å²) < 4.78 is 22.2. The van der Waals surface area contributed by atoms with Gasteiger partial charge in [0.1, 0.15) is 9.84 Å². The van der Waals surface area contributed by atoms with Gasteiger partial charge in [0.2, 0.25) is 0 Å². The Bertz CT molecular complexity index is 849. The summed E-state index contributed by atoms with van der Waals surface area (Å²) in [7, 11) is -3.02. The number of nitro benzene ring substituents is 1. The second-order valence-corrected chi connectivity index (χ2v) is 9.16. The van der Waals surface area contributed by atoms with E-state index in [2.05, 4.69) is 5.32 Å². The van der Waals surface area contributed by atoms with Gasteiger partial charge >= 0.3 is 0 Å². The van der Waals surface area contributed by atoms with Crippen molar-refractivity contribution in [2.45, 2.75) is 23.3 Å². The number of nitrogens with zero attached hydrogens (tertiary/aromatic N) is 1. The first-order valence-electron chi connectivity index (χ1n) is 7.65. The fourth-order valence-corrected chi connectivity index (χ4v) is 3.54. The molecule has 0 aliphatic heterocycles. The van der Waals surface area contributed by atoms with E-state index in [9.17, 15) is 18.5 Å². The molecule has 0 heterocycles. The standard InChI is InChI=1S/C17H20N2O4S2/c1-13-3-6-15(7-4-13)24-17-8-5-14(11-16(17)19(20)21)12-18-9-10-25(2,22)23/h3-8,11,18H,9-10,12H2,1-2H3. The number of sulfone groups is 1. The molecule has 0 aliphatic rings. The van der Waals surface area contributed by atoms with Crippen LogP contribution in [0.25, 0.3) is 0 Å². The van der Waals surface area contributed by atoms with Gasteiger partial charge in [0.15, 0.2) is 0 Å². The third kappa shape index (κ3) is 6.49. The van der Waals surface area contributed by atoms with Crippen molar-refractivity contribution in [3.8, 4) is 0 Å². The second kappa shape index (κ2) is 8.46. The van der Waals surface area contributed by atoms with Crippen molar-refractivity contribution in [2.24, 2.45) is 0 Å². The number of nitrogens with one attached hydrogen (secondary N) is 1.